The van der Waals surface area contributed by atoms with Crippen LogP contribution in [0, 0.1) is 46.8 Å². The average molecular weight is 544 g/mol. The molecule has 0 fully saturated rings. The molecule has 1 aromatic rings. The highest BCUT2D eigenvalue weighted by molar-refractivity contribution is 6.87. The predicted molar refractivity (Wildman–Crippen MR) is 168 cm³/mol. The Bertz CT molecular complexity index is 740. The summed E-state index contributed by atoms with van der Waals surface area (Å²) < 4.78 is 15.0. The van der Waals surface area contributed by atoms with Gasteiger partial charge in [-0.1, -0.05) is 95.2 Å². The fourth-order valence-corrected chi connectivity index (χ4v) is 18.5. The van der Waals surface area contributed by atoms with Crippen molar-refractivity contribution in [1.82, 2.24) is 0 Å². The zero-order chi connectivity index (χ0) is 28.4. The molecule has 0 saturated carbocycles. The number of rotatable bonds is 17. The molecule has 0 atom stereocenters. The molecule has 0 aromatic heterocycles. The van der Waals surface area contributed by atoms with E-state index in [1.54, 1.807) is 0 Å². The van der Waals surface area contributed by atoms with Crippen molar-refractivity contribution >= 4 is 29.2 Å². The first kappa shape index (κ1) is 34.2. The summed E-state index contributed by atoms with van der Waals surface area (Å²) in [6, 6.07) is 17.3. The van der Waals surface area contributed by atoms with E-state index in [1.165, 1.54) is 0 Å². The molecule has 1 rings (SSSR count). The molecule has 0 unspecified atom stereocenters. The highest BCUT2D eigenvalue weighted by atomic mass is 28.4. The number of benzene rings is 1. The van der Waals surface area contributed by atoms with Crippen LogP contribution in [0.5, 0.6) is 0 Å². The van der Waals surface area contributed by atoms with Gasteiger partial charge >= 0.3 is 7.12 Å². The zero-order valence-electron chi connectivity index (χ0n) is 26.4. The maximum absolute atomic E-state index is 9.71. The second kappa shape index (κ2) is 15.7. The van der Waals surface area contributed by atoms with E-state index >= 15 is 0 Å². The Morgan fingerprint density at radius 3 is 1.22 bits per heavy atom. The van der Waals surface area contributed by atoms with Gasteiger partial charge in [-0.15, -0.1) is 0 Å². The lowest BCUT2D eigenvalue weighted by atomic mass is 9.79. The lowest BCUT2D eigenvalue weighted by molar-refractivity contribution is 0.384. The fourth-order valence-electron chi connectivity index (χ4n) is 6.62. The normalized spacial score (nSPS) is 13.0. The Morgan fingerprint density at radius 2 is 0.946 bits per heavy atom. The Hall–Kier alpha value is -0.871. The first-order valence-corrected chi connectivity index (χ1v) is 20.0. The largest absolute Gasteiger partial charge is 0.472 e. The monoisotopic (exact) mass is 543 g/mol. The highest BCUT2D eigenvalue weighted by Crippen LogP contribution is 2.37. The molecule has 0 bridgehead atoms. The summed E-state index contributed by atoms with van der Waals surface area (Å²) in [4.78, 5) is 0. The molecule has 0 N–H and O–H groups in total. The van der Waals surface area contributed by atoms with Crippen molar-refractivity contribution in [2.45, 2.75) is 119 Å². The number of hydrogen-bond acceptors (Lipinski definition) is 3. The second-order valence-electron chi connectivity index (χ2n) is 14.3. The summed E-state index contributed by atoms with van der Waals surface area (Å²) in [6.45, 7) is 28.1. The Kier molecular flexibility index (Phi) is 14.4. The van der Waals surface area contributed by atoms with E-state index in [0.717, 1.165) is 41.7 Å². The van der Waals surface area contributed by atoms with E-state index < -0.39 is 16.6 Å². The van der Waals surface area contributed by atoms with Crippen LogP contribution in [-0.2, 0) is 8.69 Å². The molecule has 0 aliphatic carbocycles. The summed E-state index contributed by atoms with van der Waals surface area (Å²) >= 11 is 0. The number of hydrogen-bond donors (Lipinski definition) is 0. The van der Waals surface area contributed by atoms with Gasteiger partial charge in [0.15, 0.2) is 16.6 Å². The van der Waals surface area contributed by atoms with Crippen molar-refractivity contribution in [2.24, 2.45) is 35.5 Å². The van der Waals surface area contributed by atoms with Gasteiger partial charge in [-0.05, 0) is 89.4 Å². The van der Waals surface area contributed by atoms with E-state index in [4.69, 9.17) is 8.69 Å². The van der Waals surface area contributed by atoms with Crippen molar-refractivity contribution in [1.29, 1.82) is 5.26 Å². The molecule has 0 amide bonds. The van der Waals surface area contributed by atoms with E-state index in [0.29, 0.717) is 41.1 Å². The van der Waals surface area contributed by atoms with Crippen molar-refractivity contribution in [3.05, 3.63) is 29.8 Å². The van der Waals surface area contributed by atoms with E-state index in [-0.39, 0.29) is 7.12 Å². The molecule has 0 aliphatic rings. The Morgan fingerprint density at radius 1 is 0.622 bits per heavy atom. The third-order valence-electron chi connectivity index (χ3n) is 6.68. The van der Waals surface area contributed by atoms with Crippen LogP contribution < -0.4 is 5.46 Å². The van der Waals surface area contributed by atoms with Gasteiger partial charge in [-0.25, -0.2) is 0 Å². The molecule has 0 spiro atoms. The molecule has 0 saturated heterocycles. The minimum atomic E-state index is -2.16. The Labute approximate surface area is 233 Å². The predicted octanol–water partition coefficient (Wildman–Crippen LogP) is 9.11. The van der Waals surface area contributed by atoms with Crippen LogP contribution in [0.15, 0.2) is 24.3 Å². The first-order chi connectivity index (χ1) is 17.1. The summed E-state index contributed by atoms with van der Waals surface area (Å²) in [5, 5.41) is 9.71. The van der Waals surface area contributed by atoms with Crippen LogP contribution in [0.4, 0.5) is 0 Å². The smallest absolute Gasteiger partial charge is 0.449 e. The SMILES string of the molecule is CC(C)C[Si](CC(C)C)(CC(C)C)OB(O[Si](CC(C)C)(CC(C)C)CC(C)C)c1cccc(C#N)c1. The molecule has 3 nitrogen and oxygen atoms in total. The van der Waals surface area contributed by atoms with E-state index in [9.17, 15) is 5.26 Å². The molecule has 210 valence electrons. The van der Waals surface area contributed by atoms with Gasteiger partial charge in [0.2, 0.25) is 0 Å². The number of nitriles is 1. The summed E-state index contributed by atoms with van der Waals surface area (Å²) in [6.07, 6.45) is 0. The van der Waals surface area contributed by atoms with Crippen molar-refractivity contribution in [3.8, 4) is 6.07 Å². The lowest BCUT2D eigenvalue weighted by Crippen LogP contribution is -2.57. The standard InChI is InChI=1S/C31H58BNO2Si2/c1-24(2)18-36(19-25(3)4,20-26(5)6)34-32(31-15-13-14-30(16-31)17-33)35-37(21-27(7)8,22-28(9)10)23-29(11)12/h13-16,24-29H,18-23H2,1-12H3. The highest BCUT2D eigenvalue weighted by Gasteiger charge is 2.46. The van der Waals surface area contributed by atoms with Gasteiger partial charge in [0.25, 0.3) is 0 Å². The van der Waals surface area contributed by atoms with E-state index in [1.807, 2.05) is 18.2 Å². The number of nitrogens with zero attached hydrogens (tertiary/aromatic N) is 1. The van der Waals surface area contributed by atoms with Crippen LogP contribution in [-0.4, -0.2) is 23.8 Å². The van der Waals surface area contributed by atoms with Gasteiger partial charge in [0.05, 0.1) is 11.6 Å². The van der Waals surface area contributed by atoms with Crippen LogP contribution >= 0.6 is 0 Å². The van der Waals surface area contributed by atoms with Crippen molar-refractivity contribution in [2.75, 3.05) is 0 Å². The molecule has 37 heavy (non-hydrogen) atoms. The maximum atomic E-state index is 9.71. The quantitative estimate of drug-likeness (QED) is 0.184. The molecule has 0 aliphatic heterocycles. The van der Waals surface area contributed by atoms with Gasteiger partial charge in [0.1, 0.15) is 0 Å². The molecular weight excluding hydrogens is 485 g/mol. The summed E-state index contributed by atoms with van der Waals surface area (Å²) in [5.74, 6) is 3.50. The molecule has 6 heteroatoms. The Balaban J connectivity index is 3.75. The van der Waals surface area contributed by atoms with Gasteiger partial charge in [-0.3, -0.25) is 0 Å². The minimum absolute atomic E-state index is 0.390. The first-order valence-electron chi connectivity index (χ1n) is 15.0. The minimum Gasteiger partial charge on any atom is -0.449 e. The molecular formula is C31H58BNO2Si2. The zero-order valence-corrected chi connectivity index (χ0v) is 28.4. The molecule has 0 heterocycles. The maximum Gasteiger partial charge on any atom is 0.472 e. The van der Waals surface area contributed by atoms with E-state index in [2.05, 4.69) is 95.2 Å². The third kappa shape index (κ3) is 12.7. The average Bonchev–Trinajstić information content (AvgIpc) is 2.69. The fraction of sp³-hybridized carbons (Fsp3) is 0.774. The van der Waals surface area contributed by atoms with Crippen molar-refractivity contribution in [3.63, 3.8) is 0 Å². The van der Waals surface area contributed by atoms with Gasteiger partial charge in [0, 0.05) is 0 Å². The molecule has 1 aromatic carbocycles. The van der Waals surface area contributed by atoms with Crippen molar-refractivity contribution < 1.29 is 8.69 Å². The van der Waals surface area contributed by atoms with Gasteiger partial charge < -0.3 is 8.69 Å². The third-order valence-corrected chi connectivity index (χ3v) is 17.5. The molecule has 0 radical (unpaired) electrons. The van der Waals surface area contributed by atoms with Gasteiger partial charge in [-0.2, -0.15) is 5.26 Å². The summed E-state index contributed by atoms with van der Waals surface area (Å²) in [5.41, 5.74) is 1.71. The van der Waals surface area contributed by atoms with Crippen LogP contribution in [0.2, 0.25) is 36.3 Å². The van der Waals surface area contributed by atoms with Crippen LogP contribution in [0.1, 0.15) is 88.6 Å². The lowest BCUT2D eigenvalue weighted by Gasteiger charge is -2.43. The summed E-state index contributed by atoms with van der Waals surface area (Å²) in [7, 11) is -4.72. The second-order valence-corrected chi connectivity index (χ2v) is 21.9. The van der Waals surface area contributed by atoms with Crippen LogP contribution in [0.3, 0.4) is 0 Å². The van der Waals surface area contributed by atoms with Crippen LogP contribution in [0.25, 0.3) is 0 Å². The topological polar surface area (TPSA) is 42.2 Å².